The van der Waals surface area contributed by atoms with E-state index in [0.29, 0.717) is 0 Å². The van der Waals surface area contributed by atoms with Crippen LogP contribution >= 0.6 is 0 Å². The van der Waals surface area contributed by atoms with E-state index in [4.69, 9.17) is 14.2 Å². The first-order valence-electron chi connectivity index (χ1n) is 9.13. The van der Waals surface area contributed by atoms with Gasteiger partial charge in [-0.1, -0.05) is 36.4 Å². The molecule has 2 aromatic rings. The van der Waals surface area contributed by atoms with Crippen LogP contribution in [-0.4, -0.2) is 59.9 Å². The predicted octanol–water partition coefficient (Wildman–Crippen LogP) is 1.23. The molecule has 0 bridgehead atoms. The molecule has 0 spiro atoms. The van der Waals surface area contributed by atoms with Crippen molar-refractivity contribution in [3.63, 3.8) is 0 Å². The maximum Gasteiger partial charge on any atom is 0.338 e. The molecule has 1 N–H and O–H groups in total. The molecule has 3 rings (SSSR count). The molecule has 1 aliphatic heterocycles. The maximum absolute atomic E-state index is 12.6. The summed E-state index contributed by atoms with van der Waals surface area (Å²) in [5.41, 5.74) is 0.502. The van der Waals surface area contributed by atoms with Crippen LogP contribution in [0.2, 0.25) is 0 Å². The first-order chi connectivity index (χ1) is 13.9. The molecule has 0 saturated carbocycles. The molecule has 0 unspecified atom stereocenters. The highest BCUT2D eigenvalue weighted by molar-refractivity contribution is 5.90. The van der Waals surface area contributed by atoms with Crippen LogP contribution in [-0.2, 0) is 14.2 Å². The van der Waals surface area contributed by atoms with Crippen LogP contribution < -0.4 is 5.11 Å². The smallest absolute Gasteiger partial charge is 0.338 e. The van der Waals surface area contributed by atoms with Crippen LogP contribution in [0.25, 0.3) is 0 Å². The van der Waals surface area contributed by atoms with Crippen molar-refractivity contribution in [1.29, 1.82) is 0 Å². The van der Waals surface area contributed by atoms with Gasteiger partial charge in [0.15, 0.2) is 12.2 Å². The Labute approximate surface area is 168 Å². The lowest BCUT2D eigenvalue weighted by Gasteiger charge is -2.48. The second-order valence-electron chi connectivity index (χ2n) is 6.75. The standard InChI is InChI=1S/C21H22NO7/c1-13-16(22(2)26)17(28-19(23)14-9-5-3-6-10-14)18(21(25)27-13)29-20(24)15-11-7-4-8-12-15/h3-13,16-18,21,26H,1-2H3/q-1/t13-,16-,17+,18-,21-/m1/s1. The van der Waals surface area contributed by atoms with Crippen molar-refractivity contribution in [2.75, 3.05) is 7.05 Å². The van der Waals surface area contributed by atoms with Gasteiger partial charge in [-0.2, -0.15) is 5.06 Å². The fourth-order valence-electron chi connectivity index (χ4n) is 3.29. The summed E-state index contributed by atoms with van der Waals surface area (Å²) < 4.78 is 16.2. The summed E-state index contributed by atoms with van der Waals surface area (Å²) in [6.45, 7) is 1.57. The lowest BCUT2D eigenvalue weighted by Crippen LogP contribution is -2.66. The maximum atomic E-state index is 12.6. The second kappa shape index (κ2) is 9.15. The lowest BCUT2D eigenvalue weighted by atomic mass is 9.96. The van der Waals surface area contributed by atoms with Gasteiger partial charge in [0.05, 0.1) is 17.2 Å². The molecule has 1 heterocycles. The van der Waals surface area contributed by atoms with Gasteiger partial charge in [-0.05, 0) is 31.2 Å². The summed E-state index contributed by atoms with van der Waals surface area (Å²) in [6, 6.07) is 15.4. The second-order valence-corrected chi connectivity index (χ2v) is 6.75. The van der Waals surface area contributed by atoms with Gasteiger partial charge >= 0.3 is 11.9 Å². The average Bonchev–Trinajstić information content (AvgIpc) is 2.71. The number of rotatable bonds is 5. The van der Waals surface area contributed by atoms with Crippen molar-refractivity contribution in [2.45, 2.75) is 37.6 Å². The van der Waals surface area contributed by atoms with Gasteiger partial charge < -0.3 is 24.5 Å². The third kappa shape index (κ3) is 4.80. The molecule has 29 heavy (non-hydrogen) atoms. The van der Waals surface area contributed by atoms with Gasteiger partial charge in [0.2, 0.25) is 0 Å². The van der Waals surface area contributed by atoms with Crippen molar-refractivity contribution >= 4 is 11.9 Å². The van der Waals surface area contributed by atoms with E-state index < -0.39 is 42.6 Å². The van der Waals surface area contributed by atoms with E-state index in [9.17, 15) is 19.9 Å². The van der Waals surface area contributed by atoms with E-state index in [0.717, 1.165) is 5.06 Å². The molecule has 0 aromatic heterocycles. The summed E-state index contributed by atoms with van der Waals surface area (Å²) in [7, 11) is 1.34. The van der Waals surface area contributed by atoms with E-state index in [1.807, 2.05) is 0 Å². The SMILES string of the molecule is C[C@H]1O[C@@H]([O-])[C@H](OC(=O)c2ccccc2)[C@@H](OC(=O)c2ccccc2)[C@@H]1N(C)O. The number of carbonyl (C=O) groups excluding carboxylic acids is 2. The van der Waals surface area contributed by atoms with Crippen LogP contribution in [0.4, 0.5) is 0 Å². The van der Waals surface area contributed by atoms with Crippen LogP contribution in [0.15, 0.2) is 60.7 Å². The Kier molecular flexibility index (Phi) is 6.60. The van der Waals surface area contributed by atoms with E-state index >= 15 is 0 Å². The normalized spacial score (nSPS) is 26.7. The van der Waals surface area contributed by atoms with E-state index in [2.05, 4.69) is 0 Å². The van der Waals surface area contributed by atoms with Crippen molar-refractivity contribution in [3.8, 4) is 0 Å². The molecule has 2 aromatic carbocycles. The summed E-state index contributed by atoms with van der Waals surface area (Å²) in [6.07, 6.45) is -5.25. The number of hydrogen-bond acceptors (Lipinski definition) is 8. The number of benzene rings is 2. The number of hydroxylamine groups is 2. The molecule has 8 nitrogen and oxygen atoms in total. The Bertz CT molecular complexity index is 827. The van der Waals surface area contributed by atoms with Crippen molar-refractivity contribution in [1.82, 2.24) is 5.06 Å². The van der Waals surface area contributed by atoms with Crippen molar-refractivity contribution in [2.24, 2.45) is 0 Å². The Hall–Kier alpha value is -2.78. The molecule has 0 amide bonds. The van der Waals surface area contributed by atoms with Crippen molar-refractivity contribution < 1.29 is 34.1 Å². The highest BCUT2D eigenvalue weighted by Crippen LogP contribution is 2.27. The summed E-state index contributed by atoms with van der Waals surface area (Å²) in [5, 5.41) is 23.4. The molecule has 0 radical (unpaired) electrons. The monoisotopic (exact) mass is 400 g/mol. The minimum atomic E-state index is -1.79. The molecule has 1 saturated heterocycles. The van der Waals surface area contributed by atoms with Gasteiger partial charge in [-0.3, -0.25) is 0 Å². The average molecular weight is 400 g/mol. The van der Waals surface area contributed by atoms with Gasteiger partial charge in [0, 0.05) is 13.3 Å². The minimum absolute atomic E-state index is 0.236. The zero-order chi connectivity index (χ0) is 21.0. The van der Waals surface area contributed by atoms with Crippen molar-refractivity contribution in [3.05, 3.63) is 71.8 Å². The number of hydrogen-bond donors (Lipinski definition) is 1. The fraction of sp³-hybridized carbons (Fsp3) is 0.333. The first-order valence-corrected chi connectivity index (χ1v) is 9.13. The largest absolute Gasteiger partial charge is 0.828 e. The number of likely N-dealkylation sites (N-methyl/N-ethyl adjacent to an activating group) is 1. The molecule has 1 fully saturated rings. The first kappa shape index (κ1) is 20.9. The molecular weight excluding hydrogens is 378 g/mol. The van der Waals surface area contributed by atoms with E-state index in [1.165, 1.54) is 19.2 Å². The predicted molar refractivity (Wildman–Crippen MR) is 99.0 cm³/mol. The highest BCUT2D eigenvalue weighted by atomic mass is 16.7. The Balaban J connectivity index is 1.87. The minimum Gasteiger partial charge on any atom is -0.828 e. The topological polar surface area (TPSA) is 108 Å². The zero-order valence-corrected chi connectivity index (χ0v) is 16.0. The number of esters is 2. The van der Waals surface area contributed by atoms with E-state index in [-0.39, 0.29) is 11.1 Å². The van der Waals surface area contributed by atoms with Crippen LogP contribution in [0.5, 0.6) is 0 Å². The molecule has 5 atom stereocenters. The highest BCUT2D eigenvalue weighted by Gasteiger charge is 2.47. The summed E-state index contributed by atoms with van der Waals surface area (Å²) >= 11 is 0. The summed E-state index contributed by atoms with van der Waals surface area (Å²) in [4.78, 5) is 25.1. The Morgan fingerprint density at radius 2 is 1.38 bits per heavy atom. The molecule has 154 valence electrons. The number of carbonyl (C=O) groups is 2. The fourth-order valence-corrected chi connectivity index (χ4v) is 3.29. The van der Waals surface area contributed by atoms with Gasteiger partial charge in [0.1, 0.15) is 6.04 Å². The third-order valence-electron chi connectivity index (χ3n) is 4.70. The lowest BCUT2D eigenvalue weighted by molar-refractivity contribution is -0.529. The molecule has 0 aliphatic carbocycles. The van der Waals surface area contributed by atoms with Crippen LogP contribution in [0, 0.1) is 0 Å². The van der Waals surface area contributed by atoms with Gasteiger partial charge in [0.25, 0.3) is 0 Å². The van der Waals surface area contributed by atoms with Gasteiger partial charge in [-0.15, -0.1) is 0 Å². The zero-order valence-electron chi connectivity index (χ0n) is 16.0. The quantitative estimate of drug-likeness (QED) is 0.590. The molecule has 8 heteroatoms. The van der Waals surface area contributed by atoms with Crippen LogP contribution in [0.1, 0.15) is 27.6 Å². The number of ether oxygens (including phenoxy) is 3. The Morgan fingerprint density at radius 1 is 0.931 bits per heavy atom. The van der Waals surface area contributed by atoms with Gasteiger partial charge in [-0.25, -0.2) is 9.59 Å². The summed E-state index contributed by atoms with van der Waals surface area (Å²) in [5.74, 6) is -1.46. The van der Waals surface area contributed by atoms with Crippen LogP contribution in [0.3, 0.4) is 0 Å². The molecule has 1 aliphatic rings. The van der Waals surface area contributed by atoms with E-state index in [1.54, 1.807) is 55.5 Å². The third-order valence-corrected chi connectivity index (χ3v) is 4.70. The number of nitrogens with zero attached hydrogens (tertiary/aromatic N) is 1. The Morgan fingerprint density at radius 3 is 1.83 bits per heavy atom. The molecular formula is C21H22NO7-.